The van der Waals surface area contributed by atoms with E-state index in [4.69, 9.17) is 5.73 Å². The fourth-order valence-corrected chi connectivity index (χ4v) is 3.11. The Morgan fingerprint density at radius 1 is 1.17 bits per heavy atom. The van der Waals surface area contributed by atoms with Gasteiger partial charge in [0.05, 0.1) is 11.3 Å². The average molecular weight is 375 g/mol. The number of piperazine rings is 1. The molecule has 1 amide bonds. The first kappa shape index (κ1) is 16.0. The number of carbonyl (C=O) groups is 1. The third-order valence-corrected chi connectivity index (χ3v) is 4.51. The Bertz CT molecular complexity index is 684. The normalized spacial score (nSPS) is 15.6. The molecule has 1 aliphatic heterocycles. The highest BCUT2D eigenvalue weighted by molar-refractivity contribution is 9.10. The molecule has 3 rings (SSSR count). The van der Waals surface area contributed by atoms with Gasteiger partial charge in [0, 0.05) is 49.1 Å². The van der Waals surface area contributed by atoms with Crippen LogP contribution in [0.3, 0.4) is 0 Å². The Balaban J connectivity index is 1.59. The third-order valence-electron chi connectivity index (χ3n) is 4.02. The Morgan fingerprint density at radius 2 is 1.96 bits per heavy atom. The molecule has 0 aliphatic carbocycles. The lowest BCUT2D eigenvalue weighted by Crippen LogP contribution is -2.48. The number of aromatic nitrogens is 1. The third kappa shape index (κ3) is 3.89. The highest BCUT2D eigenvalue weighted by Gasteiger charge is 2.23. The number of carbonyl (C=O) groups excluding carboxylic acids is 1. The molecular formula is C17H19BrN4O. The topological polar surface area (TPSA) is 62.5 Å². The first-order chi connectivity index (χ1) is 11.1. The van der Waals surface area contributed by atoms with Crippen LogP contribution in [0.1, 0.15) is 16.1 Å². The van der Waals surface area contributed by atoms with Gasteiger partial charge in [0.2, 0.25) is 0 Å². The molecule has 23 heavy (non-hydrogen) atoms. The van der Waals surface area contributed by atoms with Crippen LogP contribution in [-0.2, 0) is 6.54 Å². The number of nitrogen functional groups attached to an aromatic ring is 1. The summed E-state index contributed by atoms with van der Waals surface area (Å²) in [5, 5.41) is 0. The van der Waals surface area contributed by atoms with Crippen molar-refractivity contribution in [2.45, 2.75) is 6.54 Å². The number of pyridine rings is 1. The molecule has 5 nitrogen and oxygen atoms in total. The minimum absolute atomic E-state index is 0.00693. The molecule has 0 spiro atoms. The summed E-state index contributed by atoms with van der Waals surface area (Å²) in [7, 11) is 0. The monoisotopic (exact) mass is 374 g/mol. The summed E-state index contributed by atoms with van der Waals surface area (Å²) in [6.07, 6.45) is 1.81. The van der Waals surface area contributed by atoms with E-state index >= 15 is 0 Å². The largest absolute Gasteiger partial charge is 0.398 e. The van der Waals surface area contributed by atoms with Crippen molar-refractivity contribution >= 4 is 27.5 Å². The molecule has 2 aromatic rings. The molecule has 0 atom stereocenters. The van der Waals surface area contributed by atoms with Gasteiger partial charge in [-0.15, -0.1) is 0 Å². The van der Waals surface area contributed by atoms with E-state index in [0.29, 0.717) is 24.3 Å². The van der Waals surface area contributed by atoms with Gasteiger partial charge >= 0.3 is 0 Å². The smallest absolute Gasteiger partial charge is 0.256 e. The fourth-order valence-electron chi connectivity index (χ4n) is 2.73. The molecular weight excluding hydrogens is 356 g/mol. The predicted molar refractivity (Wildman–Crippen MR) is 94.0 cm³/mol. The molecule has 1 aromatic carbocycles. The van der Waals surface area contributed by atoms with E-state index in [1.165, 1.54) is 0 Å². The maximum atomic E-state index is 12.6. The van der Waals surface area contributed by atoms with Gasteiger partial charge in [-0.3, -0.25) is 14.7 Å². The summed E-state index contributed by atoms with van der Waals surface area (Å²) in [4.78, 5) is 21.1. The molecule has 1 saturated heterocycles. The van der Waals surface area contributed by atoms with Crippen molar-refractivity contribution in [3.8, 4) is 0 Å². The number of halogens is 1. The van der Waals surface area contributed by atoms with Crippen LogP contribution in [0.4, 0.5) is 5.69 Å². The lowest BCUT2D eigenvalue weighted by atomic mass is 10.1. The van der Waals surface area contributed by atoms with E-state index in [0.717, 1.165) is 29.8 Å². The Morgan fingerprint density at radius 3 is 2.61 bits per heavy atom. The second-order valence-corrected chi connectivity index (χ2v) is 6.54. The first-order valence-corrected chi connectivity index (χ1v) is 8.39. The standard InChI is InChI=1S/C17H19BrN4O/c18-13-4-5-15(16(19)11-13)17(23)22-9-7-21(8-10-22)12-14-3-1-2-6-20-14/h1-6,11H,7-10,12,19H2. The van der Waals surface area contributed by atoms with Gasteiger partial charge in [0.15, 0.2) is 0 Å². The van der Waals surface area contributed by atoms with Gasteiger partial charge in [0.1, 0.15) is 0 Å². The molecule has 6 heteroatoms. The van der Waals surface area contributed by atoms with Crippen LogP contribution < -0.4 is 5.73 Å². The molecule has 1 aromatic heterocycles. The van der Waals surface area contributed by atoms with Gasteiger partial charge < -0.3 is 10.6 Å². The van der Waals surface area contributed by atoms with Gasteiger partial charge in [-0.05, 0) is 30.3 Å². The molecule has 0 saturated carbocycles. The Hall–Kier alpha value is -1.92. The Kier molecular flexibility index (Phi) is 4.93. The second-order valence-electron chi connectivity index (χ2n) is 5.62. The number of hydrogen-bond donors (Lipinski definition) is 1. The minimum atomic E-state index is 0.00693. The molecule has 1 fully saturated rings. The molecule has 2 heterocycles. The lowest BCUT2D eigenvalue weighted by Gasteiger charge is -2.34. The summed E-state index contributed by atoms with van der Waals surface area (Å²) < 4.78 is 0.881. The SMILES string of the molecule is Nc1cc(Br)ccc1C(=O)N1CCN(Cc2ccccn2)CC1. The van der Waals surface area contributed by atoms with Crippen molar-refractivity contribution in [1.82, 2.24) is 14.8 Å². The van der Waals surface area contributed by atoms with Crippen molar-refractivity contribution in [1.29, 1.82) is 0 Å². The van der Waals surface area contributed by atoms with Crippen molar-refractivity contribution in [2.75, 3.05) is 31.9 Å². The van der Waals surface area contributed by atoms with Crippen molar-refractivity contribution in [2.24, 2.45) is 0 Å². The maximum absolute atomic E-state index is 12.6. The fraction of sp³-hybridized carbons (Fsp3) is 0.294. The lowest BCUT2D eigenvalue weighted by molar-refractivity contribution is 0.0628. The number of anilines is 1. The number of nitrogens with zero attached hydrogens (tertiary/aromatic N) is 3. The number of benzene rings is 1. The van der Waals surface area contributed by atoms with Gasteiger partial charge in [-0.2, -0.15) is 0 Å². The minimum Gasteiger partial charge on any atom is -0.398 e. The molecule has 1 aliphatic rings. The summed E-state index contributed by atoms with van der Waals surface area (Å²) in [5.74, 6) is 0.00693. The quantitative estimate of drug-likeness (QED) is 0.837. The van der Waals surface area contributed by atoms with E-state index in [1.54, 1.807) is 12.1 Å². The molecule has 0 unspecified atom stereocenters. The predicted octanol–water partition coefficient (Wildman–Crippen LogP) is 2.38. The molecule has 0 bridgehead atoms. The van der Waals surface area contributed by atoms with E-state index in [1.807, 2.05) is 35.4 Å². The molecule has 0 radical (unpaired) electrons. The highest BCUT2D eigenvalue weighted by Crippen LogP contribution is 2.20. The maximum Gasteiger partial charge on any atom is 0.256 e. The zero-order valence-electron chi connectivity index (χ0n) is 12.8. The Labute approximate surface area is 144 Å². The van der Waals surface area contributed by atoms with Gasteiger partial charge in [-0.1, -0.05) is 22.0 Å². The number of hydrogen-bond acceptors (Lipinski definition) is 4. The van der Waals surface area contributed by atoms with E-state index in [9.17, 15) is 4.79 Å². The van der Waals surface area contributed by atoms with Crippen LogP contribution >= 0.6 is 15.9 Å². The van der Waals surface area contributed by atoms with Crippen molar-refractivity contribution in [3.63, 3.8) is 0 Å². The van der Waals surface area contributed by atoms with Crippen LogP contribution in [0.5, 0.6) is 0 Å². The summed E-state index contributed by atoms with van der Waals surface area (Å²) in [6.45, 7) is 3.93. The second kappa shape index (κ2) is 7.10. The van der Waals surface area contributed by atoms with Crippen LogP contribution in [0.15, 0.2) is 47.1 Å². The summed E-state index contributed by atoms with van der Waals surface area (Å²) >= 11 is 3.36. The zero-order chi connectivity index (χ0) is 16.2. The van der Waals surface area contributed by atoms with Crippen molar-refractivity contribution < 1.29 is 4.79 Å². The summed E-state index contributed by atoms with van der Waals surface area (Å²) in [5.41, 5.74) is 8.11. The average Bonchev–Trinajstić information content (AvgIpc) is 2.56. The first-order valence-electron chi connectivity index (χ1n) is 7.60. The van der Waals surface area contributed by atoms with Crippen LogP contribution in [0.2, 0.25) is 0 Å². The van der Waals surface area contributed by atoms with Crippen molar-refractivity contribution in [3.05, 3.63) is 58.3 Å². The van der Waals surface area contributed by atoms with E-state index in [2.05, 4.69) is 25.8 Å². The van der Waals surface area contributed by atoms with Crippen LogP contribution in [0.25, 0.3) is 0 Å². The summed E-state index contributed by atoms with van der Waals surface area (Å²) in [6, 6.07) is 11.3. The zero-order valence-corrected chi connectivity index (χ0v) is 14.4. The van der Waals surface area contributed by atoms with E-state index in [-0.39, 0.29) is 5.91 Å². The van der Waals surface area contributed by atoms with Crippen LogP contribution in [0, 0.1) is 0 Å². The van der Waals surface area contributed by atoms with E-state index < -0.39 is 0 Å². The number of amides is 1. The number of rotatable bonds is 3. The number of nitrogens with two attached hydrogens (primary N) is 1. The molecule has 2 N–H and O–H groups in total. The van der Waals surface area contributed by atoms with Gasteiger partial charge in [-0.25, -0.2) is 0 Å². The highest BCUT2D eigenvalue weighted by atomic mass is 79.9. The van der Waals surface area contributed by atoms with Crippen LogP contribution in [-0.4, -0.2) is 46.9 Å². The van der Waals surface area contributed by atoms with Gasteiger partial charge in [0.25, 0.3) is 5.91 Å². The molecule has 120 valence electrons.